The first-order valence-corrected chi connectivity index (χ1v) is 8.15. The highest BCUT2D eigenvalue weighted by Crippen LogP contribution is 2.32. The Morgan fingerprint density at radius 3 is 2.52 bits per heavy atom. The van der Waals surface area contributed by atoms with Crippen LogP contribution in [0.15, 0.2) is 41.3 Å². The van der Waals surface area contributed by atoms with E-state index in [9.17, 15) is 8.42 Å². The van der Waals surface area contributed by atoms with Crippen LogP contribution in [0, 0.1) is 11.3 Å². The number of nitrogen functional groups attached to an aromatic ring is 1. The van der Waals surface area contributed by atoms with Gasteiger partial charge in [0.25, 0.3) is 0 Å². The molecule has 2 rings (SSSR count). The third-order valence-electron chi connectivity index (χ3n) is 2.83. The summed E-state index contributed by atoms with van der Waals surface area (Å²) in [6, 6.07) is 11.4. The standard InChI is InChI=1S/C14H12ClN3O2S/c1-21(19,20)13-4-2-3-12(14(13)17)18-11-6-5-9(8-16)7-10(11)15/h2-7,18H,17H2,1H3. The van der Waals surface area contributed by atoms with Gasteiger partial charge in [0, 0.05) is 6.26 Å². The second kappa shape index (κ2) is 5.64. The lowest BCUT2D eigenvalue weighted by Crippen LogP contribution is -2.05. The Morgan fingerprint density at radius 2 is 1.95 bits per heavy atom. The smallest absolute Gasteiger partial charge is 0.177 e. The summed E-state index contributed by atoms with van der Waals surface area (Å²) in [5.74, 6) is 0. The summed E-state index contributed by atoms with van der Waals surface area (Å²) >= 11 is 6.07. The summed E-state index contributed by atoms with van der Waals surface area (Å²) in [4.78, 5) is 0.0530. The molecule has 0 heterocycles. The Kier molecular flexibility index (Phi) is 4.07. The van der Waals surface area contributed by atoms with Gasteiger partial charge in [-0.3, -0.25) is 0 Å². The predicted octanol–water partition coefficient (Wildman–Crippen LogP) is 2.94. The summed E-state index contributed by atoms with van der Waals surface area (Å²) < 4.78 is 23.3. The first-order chi connectivity index (χ1) is 9.82. The molecule has 0 bridgehead atoms. The molecule has 2 aromatic carbocycles. The van der Waals surface area contributed by atoms with Crippen molar-refractivity contribution in [2.24, 2.45) is 0 Å². The van der Waals surface area contributed by atoms with Crippen molar-refractivity contribution in [3.05, 3.63) is 47.0 Å². The van der Waals surface area contributed by atoms with E-state index >= 15 is 0 Å². The summed E-state index contributed by atoms with van der Waals surface area (Å²) in [6.45, 7) is 0. The van der Waals surface area contributed by atoms with Crippen molar-refractivity contribution < 1.29 is 8.42 Å². The van der Waals surface area contributed by atoms with Crippen molar-refractivity contribution in [3.8, 4) is 6.07 Å². The number of nitriles is 1. The van der Waals surface area contributed by atoms with Crippen LogP contribution in [0.25, 0.3) is 0 Å². The Balaban J connectivity index is 2.44. The van der Waals surface area contributed by atoms with E-state index in [-0.39, 0.29) is 10.6 Å². The zero-order chi connectivity index (χ0) is 15.6. The number of sulfone groups is 1. The normalized spacial score (nSPS) is 10.9. The quantitative estimate of drug-likeness (QED) is 0.847. The molecular formula is C14H12ClN3O2S. The fourth-order valence-electron chi connectivity index (χ4n) is 1.81. The van der Waals surface area contributed by atoms with Crippen molar-refractivity contribution in [2.75, 3.05) is 17.3 Å². The minimum absolute atomic E-state index is 0.0530. The Morgan fingerprint density at radius 1 is 1.24 bits per heavy atom. The van der Waals surface area contributed by atoms with Crippen LogP contribution in [0.2, 0.25) is 5.02 Å². The number of hydrogen-bond donors (Lipinski definition) is 2. The number of nitrogens with two attached hydrogens (primary N) is 1. The third-order valence-corrected chi connectivity index (χ3v) is 4.30. The Hall–Kier alpha value is -2.23. The monoisotopic (exact) mass is 321 g/mol. The van der Waals surface area contributed by atoms with Crippen LogP contribution in [0.1, 0.15) is 5.56 Å². The largest absolute Gasteiger partial charge is 0.396 e. The first-order valence-electron chi connectivity index (χ1n) is 5.88. The molecule has 108 valence electrons. The van der Waals surface area contributed by atoms with Gasteiger partial charge in [-0.2, -0.15) is 5.26 Å². The van der Waals surface area contributed by atoms with Crippen LogP contribution >= 0.6 is 11.6 Å². The number of nitrogens with one attached hydrogen (secondary N) is 1. The fraction of sp³-hybridized carbons (Fsp3) is 0.0714. The average Bonchev–Trinajstić information content (AvgIpc) is 2.41. The van der Waals surface area contributed by atoms with Gasteiger partial charge in [0.2, 0.25) is 0 Å². The molecule has 0 fully saturated rings. The second-order valence-corrected chi connectivity index (χ2v) is 6.81. The molecule has 7 heteroatoms. The zero-order valence-corrected chi connectivity index (χ0v) is 12.7. The summed E-state index contributed by atoms with van der Waals surface area (Å²) in [5.41, 5.74) is 7.42. The van der Waals surface area contributed by atoms with Crippen molar-refractivity contribution in [1.29, 1.82) is 5.26 Å². The van der Waals surface area contributed by atoms with Gasteiger partial charge in [0.15, 0.2) is 9.84 Å². The number of benzene rings is 2. The number of anilines is 3. The highest BCUT2D eigenvalue weighted by atomic mass is 35.5. The lowest BCUT2D eigenvalue weighted by Gasteiger charge is -2.13. The van der Waals surface area contributed by atoms with Gasteiger partial charge in [-0.15, -0.1) is 0 Å². The summed E-state index contributed by atoms with van der Waals surface area (Å²) in [5, 5.41) is 12.1. The number of para-hydroxylation sites is 1. The molecular weight excluding hydrogens is 310 g/mol. The number of hydrogen-bond acceptors (Lipinski definition) is 5. The van der Waals surface area contributed by atoms with Crippen LogP contribution in [0.5, 0.6) is 0 Å². The molecule has 0 amide bonds. The molecule has 2 aromatic rings. The molecule has 5 nitrogen and oxygen atoms in total. The highest BCUT2D eigenvalue weighted by Gasteiger charge is 2.14. The van der Waals surface area contributed by atoms with Crippen LogP contribution in [-0.2, 0) is 9.84 Å². The van der Waals surface area contributed by atoms with Crippen LogP contribution in [-0.4, -0.2) is 14.7 Å². The minimum Gasteiger partial charge on any atom is -0.396 e. The lowest BCUT2D eigenvalue weighted by molar-refractivity contribution is 0.602. The molecule has 3 N–H and O–H groups in total. The van der Waals surface area contributed by atoms with Gasteiger partial charge >= 0.3 is 0 Å². The summed E-state index contributed by atoms with van der Waals surface area (Å²) in [7, 11) is -3.41. The number of halogens is 1. The Bertz CT molecular complexity index is 842. The van der Waals surface area contributed by atoms with Gasteiger partial charge in [-0.1, -0.05) is 17.7 Å². The van der Waals surface area contributed by atoms with Crippen LogP contribution < -0.4 is 11.1 Å². The van der Waals surface area contributed by atoms with E-state index in [1.807, 2.05) is 6.07 Å². The topological polar surface area (TPSA) is 96.0 Å². The van der Waals surface area contributed by atoms with Crippen LogP contribution in [0.4, 0.5) is 17.1 Å². The van der Waals surface area contributed by atoms with Gasteiger partial charge in [0.05, 0.1) is 38.6 Å². The van der Waals surface area contributed by atoms with E-state index in [1.54, 1.807) is 24.3 Å². The molecule has 0 unspecified atom stereocenters. The van der Waals surface area contributed by atoms with Crippen molar-refractivity contribution in [2.45, 2.75) is 4.90 Å². The molecule has 0 aromatic heterocycles. The molecule has 0 radical (unpaired) electrons. The summed E-state index contributed by atoms with van der Waals surface area (Å²) in [6.07, 6.45) is 1.09. The number of nitrogens with zero attached hydrogens (tertiary/aromatic N) is 1. The van der Waals surface area contributed by atoms with Crippen molar-refractivity contribution in [3.63, 3.8) is 0 Å². The maximum atomic E-state index is 11.6. The van der Waals surface area contributed by atoms with E-state index in [0.29, 0.717) is 22.0 Å². The molecule has 0 aliphatic rings. The van der Waals surface area contributed by atoms with Gasteiger partial charge < -0.3 is 11.1 Å². The first kappa shape index (κ1) is 15.2. The molecule has 0 atom stereocenters. The van der Waals surface area contributed by atoms with E-state index in [4.69, 9.17) is 22.6 Å². The van der Waals surface area contributed by atoms with Crippen molar-refractivity contribution >= 4 is 38.5 Å². The molecule has 0 aliphatic heterocycles. The Labute approximate surface area is 127 Å². The average molecular weight is 322 g/mol. The molecule has 0 spiro atoms. The maximum Gasteiger partial charge on any atom is 0.177 e. The van der Waals surface area contributed by atoms with E-state index in [0.717, 1.165) is 6.26 Å². The van der Waals surface area contributed by atoms with Crippen molar-refractivity contribution in [1.82, 2.24) is 0 Å². The maximum absolute atomic E-state index is 11.6. The molecule has 0 saturated heterocycles. The zero-order valence-electron chi connectivity index (χ0n) is 11.1. The molecule has 0 saturated carbocycles. The van der Waals surface area contributed by atoms with E-state index in [2.05, 4.69) is 5.32 Å². The highest BCUT2D eigenvalue weighted by molar-refractivity contribution is 7.90. The van der Waals surface area contributed by atoms with E-state index < -0.39 is 9.84 Å². The van der Waals surface area contributed by atoms with Gasteiger partial charge in [-0.25, -0.2) is 8.42 Å². The van der Waals surface area contributed by atoms with Crippen LogP contribution in [0.3, 0.4) is 0 Å². The second-order valence-electron chi connectivity index (χ2n) is 4.42. The lowest BCUT2D eigenvalue weighted by atomic mass is 10.2. The minimum atomic E-state index is -3.41. The third kappa shape index (κ3) is 3.27. The van der Waals surface area contributed by atoms with Gasteiger partial charge in [-0.05, 0) is 30.3 Å². The van der Waals surface area contributed by atoms with E-state index in [1.165, 1.54) is 12.1 Å². The van der Waals surface area contributed by atoms with Gasteiger partial charge in [0.1, 0.15) is 0 Å². The predicted molar refractivity (Wildman–Crippen MR) is 83.4 cm³/mol. The fourth-order valence-corrected chi connectivity index (χ4v) is 2.87. The number of rotatable bonds is 3. The molecule has 0 aliphatic carbocycles. The molecule has 21 heavy (non-hydrogen) atoms. The SMILES string of the molecule is CS(=O)(=O)c1cccc(Nc2ccc(C#N)cc2Cl)c1N.